The van der Waals surface area contributed by atoms with Crippen LogP contribution in [0.5, 0.6) is 17.4 Å². The summed E-state index contributed by atoms with van der Waals surface area (Å²) in [5.41, 5.74) is 0.406. The summed E-state index contributed by atoms with van der Waals surface area (Å²) in [7, 11) is 1.49. The van der Waals surface area contributed by atoms with Crippen molar-refractivity contribution in [3.8, 4) is 17.4 Å². The molecule has 1 aromatic heterocycles. The van der Waals surface area contributed by atoms with Gasteiger partial charge in [0, 0.05) is 0 Å². The van der Waals surface area contributed by atoms with Gasteiger partial charge in [-0.2, -0.15) is 0 Å². The van der Waals surface area contributed by atoms with Crippen LogP contribution in [0, 0.1) is 0 Å². The number of H-pyrrole nitrogens is 1. The molecule has 0 radical (unpaired) electrons. The monoisotopic (exact) mass is 248 g/mol. The highest BCUT2D eigenvalue weighted by atomic mass is 16.5. The second kappa shape index (κ2) is 5.33. The Bertz CT molecular complexity index is 595. The molecule has 2 N–H and O–H groups in total. The lowest BCUT2D eigenvalue weighted by atomic mass is 10.2. The lowest BCUT2D eigenvalue weighted by molar-refractivity contribution is 0.280. The lowest BCUT2D eigenvalue weighted by Gasteiger charge is -2.10. The van der Waals surface area contributed by atoms with Crippen molar-refractivity contribution in [3.63, 3.8) is 0 Å². The number of benzene rings is 1. The van der Waals surface area contributed by atoms with Crippen molar-refractivity contribution >= 4 is 0 Å². The molecule has 18 heavy (non-hydrogen) atoms. The largest absolute Gasteiger partial charge is 0.493 e. The van der Waals surface area contributed by atoms with Crippen molar-refractivity contribution < 1.29 is 14.6 Å². The molecule has 0 amide bonds. The van der Waals surface area contributed by atoms with Crippen LogP contribution in [-0.2, 0) is 6.61 Å². The summed E-state index contributed by atoms with van der Waals surface area (Å²) in [5, 5.41) is 9.02. The highest BCUT2D eigenvalue weighted by Gasteiger charge is 2.07. The van der Waals surface area contributed by atoms with Crippen molar-refractivity contribution in [2.24, 2.45) is 0 Å². The lowest BCUT2D eigenvalue weighted by Crippen LogP contribution is -2.04. The van der Waals surface area contributed by atoms with Gasteiger partial charge >= 0.3 is 0 Å². The third-order valence-corrected chi connectivity index (χ3v) is 2.28. The normalized spacial score (nSPS) is 10.1. The van der Waals surface area contributed by atoms with Crippen LogP contribution in [0.3, 0.4) is 0 Å². The van der Waals surface area contributed by atoms with Crippen LogP contribution in [0.4, 0.5) is 0 Å². The third-order valence-electron chi connectivity index (χ3n) is 2.28. The van der Waals surface area contributed by atoms with Crippen LogP contribution in [-0.4, -0.2) is 22.2 Å². The number of aromatic amines is 1. The zero-order chi connectivity index (χ0) is 13.0. The maximum Gasteiger partial charge on any atom is 0.254 e. The minimum atomic E-state index is -0.300. The molecular weight excluding hydrogens is 236 g/mol. The van der Waals surface area contributed by atoms with E-state index < -0.39 is 0 Å². The smallest absolute Gasteiger partial charge is 0.254 e. The van der Waals surface area contributed by atoms with E-state index in [1.54, 1.807) is 18.2 Å². The van der Waals surface area contributed by atoms with Crippen LogP contribution in [0.15, 0.2) is 35.4 Å². The predicted octanol–water partition coefficient (Wildman–Crippen LogP) is 1.06. The van der Waals surface area contributed by atoms with Gasteiger partial charge in [-0.05, 0) is 17.7 Å². The molecule has 0 saturated carbocycles. The summed E-state index contributed by atoms with van der Waals surface area (Å²) in [6, 6.07) is 6.24. The van der Waals surface area contributed by atoms with Crippen molar-refractivity contribution in [3.05, 3.63) is 46.5 Å². The molecule has 0 saturated heterocycles. The fraction of sp³-hybridized carbons (Fsp3) is 0.167. The predicted molar refractivity (Wildman–Crippen MR) is 63.8 cm³/mol. The molecule has 2 aromatic rings. The topological polar surface area (TPSA) is 84.4 Å². The van der Waals surface area contributed by atoms with Crippen LogP contribution in [0.2, 0.25) is 0 Å². The average Bonchev–Trinajstić information content (AvgIpc) is 2.39. The molecule has 1 heterocycles. The average molecular weight is 248 g/mol. The second-order valence-electron chi connectivity index (χ2n) is 3.49. The number of aliphatic hydroxyl groups excluding tert-OH is 1. The van der Waals surface area contributed by atoms with Gasteiger partial charge in [0.25, 0.3) is 5.56 Å². The minimum Gasteiger partial charge on any atom is -0.493 e. The fourth-order valence-corrected chi connectivity index (χ4v) is 1.41. The van der Waals surface area contributed by atoms with Gasteiger partial charge in [0.05, 0.1) is 26.1 Å². The number of hydrogen-bond acceptors (Lipinski definition) is 5. The molecule has 0 aliphatic heterocycles. The second-order valence-corrected chi connectivity index (χ2v) is 3.49. The summed E-state index contributed by atoms with van der Waals surface area (Å²) in [6.45, 7) is -0.0834. The first-order chi connectivity index (χ1) is 8.72. The number of hydrogen-bond donors (Lipinski definition) is 2. The Kier molecular flexibility index (Phi) is 3.59. The molecule has 0 fully saturated rings. The first kappa shape index (κ1) is 12.1. The van der Waals surface area contributed by atoms with Gasteiger partial charge in [-0.25, -0.2) is 4.98 Å². The number of aliphatic hydroxyl groups is 1. The van der Waals surface area contributed by atoms with E-state index in [9.17, 15) is 4.79 Å². The molecule has 6 nitrogen and oxygen atoms in total. The van der Waals surface area contributed by atoms with E-state index >= 15 is 0 Å². The summed E-state index contributed by atoms with van der Waals surface area (Å²) in [6.07, 6.45) is 1.26. The molecule has 2 rings (SSSR count). The molecule has 0 bridgehead atoms. The highest BCUT2D eigenvalue weighted by molar-refractivity contribution is 5.44. The highest BCUT2D eigenvalue weighted by Crippen LogP contribution is 2.31. The molecule has 94 valence electrons. The minimum absolute atomic E-state index is 0.0834. The number of methoxy groups -OCH3 is 1. The number of ether oxygens (including phenoxy) is 2. The molecule has 6 heteroatoms. The van der Waals surface area contributed by atoms with Crippen molar-refractivity contribution in [1.29, 1.82) is 0 Å². The van der Waals surface area contributed by atoms with Crippen molar-refractivity contribution in [1.82, 2.24) is 9.97 Å². The molecule has 0 aliphatic rings. The van der Waals surface area contributed by atoms with E-state index in [1.807, 2.05) is 0 Å². The van der Waals surface area contributed by atoms with E-state index in [0.29, 0.717) is 17.1 Å². The molecule has 0 unspecified atom stereocenters. The van der Waals surface area contributed by atoms with Crippen molar-refractivity contribution in [2.75, 3.05) is 7.11 Å². The number of nitrogens with zero attached hydrogens (tertiary/aromatic N) is 1. The third kappa shape index (κ3) is 2.67. The Labute approximate surface area is 103 Å². The number of rotatable bonds is 4. The molecule has 1 aromatic carbocycles. The van der Waals surface area contributed by atoms with Gasteiger partial charge in [-0.3, -0.25) is 4.79 Å². The summed E-state index contributed by atoms with van der Waals surface area (Å²) < 4.78 is 10.6. The Morgan fingerprint density at radius 3 is 2.83 bits per heavy atom. The first-order valence-corrected chi connectivity index (χ1v) is 5.23. The van der Waals surface area contributed by atoms with Gasteiger partial charge < -0.3 is 19.6 Å². The SMILES string of the molecule is COc1cc(CO)ccc1Oc1cc(=O)[nH]cn1. The maximum absolute atomic E-state index is 11.1. The molecule has 0 aliphatic carbocycles. The van der Waals surface area contributed by atoms with Crippen molar-refractivity contribution in [2.45, 2.75) is 6.61 Å². The van der Waals surface area contributed by atoms with Gasteiger partial charge in [-0.1, -0.05) is 6.07 Å². The quantitative estimate of drug-likeness (QED) is 0.845. The van der Waals surface area contributed by atoms with E-state index in [2.05, 4.69) is 9.97 Å². The number of nitrogens with one attached hydrogen (secondary N) is 1. The van der Waals surface area contributed by atoms with Gasteiger partial charge in [0.2, 0.25) is 5.88 Å². The standard InChI is InChI=1S/C12H12N2O4/c1-17-10-4-8(6-15)2-3-9(10)18-12-5-11(16)13-7-14-12/h2-5,7,15H,6H2,1H3,(H,13,14,16). The van der Waals surface area contributed by atoms with Gasteiger partial charge in [0.15, 0.2) is 11.5 Å². The Morgan fingerprint density at radius 2 is 2.17 bits per heavy atom. The van der Waals surface area contributed by atoms with Crippen LogP contribution < -0.4 is 15.0 Å². The zero-order valence-corrected chi connectivity index (χ0v) is 9.71. The Hall–Kier alpha value is -2.34. The van der Waals surface area contributed by atoms with E-state index in [0.717, 1.165) is 0 Å². The number of aromatic nitrogens is 2. The van der Waals surface area contributed by atoms with Crippen LogP contribution in [0.25, 0.3) is 0 Å². The molecule has 0 atom stereocenters. The maximum atomic E-state index is 11.1. The van der Waals surface area contributed by atoms with E-state index in [4.69, 9.17) is 14.6 Å². The Morgan fingerprint density at radius 1 is 1.33 bits per heavy atom. The summed E-state index contributed by atoms with van der Waals surface area (Å²) in [5.74, 6) is 1.06. The van der Waals surface area contributed by atoms with Crippen LogP contribution in [0.1, 0.15) is 5.56 Å². The fourth-order valence-electron chi connectivity index (χ4n) is 1.41. The molecule has 0 spiro atoms. The van der Waals surface area contributed by atoms with Gasteiger partial charge in [-0.15, -0.1) is 0 Å². The first-order valence-electron chi connectivity index (χ1n) is 5.23. The van der Waals surface area contributed by atoms with E-state index in [1.165, 1.54) is 19.5 Å². The van der Waals surface area contributed by atoms with E-state index in [-0.39, 0.29) is 18.0 Å². The Balaban J connectivity index is 2.31. The van der Waals surface area contributed by atoms with Crippen LogP contribution >= 0.6 is 0 Å². The zero-order valence-electron chi connectivity index (χ0n) is 9.71. The van der Waals surface area contributed by atoms with Gasteiger partial charge in [0.1, 0.15) is 0 Å². The summed E-state index contributed by atoms with van der Waals surface area (Å²) >= 11 is 0. The summed E-state index contributed by atoms with van der Waals surface area (Å²) in [4.78, 5) is 17.4. The molecular formula is C12H12N2O4.